The maximum absolute atomic E-state index is 12.7. The van der Waals surface area contributed by atoms with Crippen LogP contribution in [0.4, 0.5) is 0 Å². The Balaban J connectivity index is 2.05. The molecule has 2 amide bonds. The maximum Gasteiger partial charge on any atom is 0.256 e. The highest BCUT2D eigenvalue weighted by molar-refractivity contribution is 6.30. The third-order valence-electron chi connectivity index (χ3n) is 3.85. The Kier molecular flexibility index (Phi) is 5.08. The van der Waals surface area contributed by atoms with Crippen LogP contribution in [0.5, 0.6) is 0 Å². The molecule has 1 fully saturated rings. The zero-order valence-electron chi connectivity index (χ0n) is 13.1. The predicted octanol–water partition coefficient (Wildman–Crippen LogP) is 1.94. The number of hydrogen-bond donors (Lipinski definition) is 0. The molecule has 1 atom stereocenters. The van der Waals surface area contributed by atoms with E-state index in [2.05, 4.69) is 0 Å². The maximum atomic E-state index is 12.7. The van der Waals surface area contributed by atoms with E-state index in [1.807, 2.05) is 12.1 Å². The first kappa shape index (κ1) is 16.8. The Labute approximate surface area is 135 Å². The summed E-state index contributed by atoms with van der Waals surface area (Å²) in [7, 11) is 1.73. The number of halogens is 1. The van der Waals surface area contributed by atoms with Crippen molar-refractivity contribution in [3.05, 3.63) is 34.9 Å². The molecule has 1 aliphatic rings. The van der Waals surface area contributed by atoms with Gasteiger partial charge in [0.05, 0.1) is 13.2 Å². The quantitative estimate of drug-likeness (QED) is 0.853. The molecule has 0 aliphatic carbocycles. The standard InChI is InChI=1S/C16H21ClN2O3/c1-12(20)19-8-9-22-16(2,11-19)15(21)18(3)10-13-4-6-14(17)7-5-13/h4-7H,8-11H2,1-3H3/t16-/m1/s1. The third kappa shape index (κ3) is 3.78. The van der Waals surface area contributed by atoms with E-state index in [1.165, 1.54) is 6.92 Å². The highest BCUT2D eigenvalue weighted by atomic mass is 35.5. The van der Waals surface area contributed by atoms with Gasteiger partial charge in [0.1, 0.15) is 0 Å². The smallest absolute Gasteiger partial charge is 0.256 e. The lowest BCUT2D eigenvalue weighted by molar-refractivity contribution is -0.170. The van der Waals surface area contributed by atoms with Gasteiger partial charge in [-0.05, 0) is 24.6 Å². The molecule has 0 saturated carbocycles. The van der Waals surface area contributed by atoms with Crippen LogP contribution >= 0.6 is 11.6 Å². The molecule has 120 valence electrons. The molecule has 1 aromatic carbocycles. The Morgan fingerprint density at radius 2 is 2.00 bits per heavy atom. The van der Waals surface area contributed by atoms with E-state index in [4.69, 9.17) is 16.3 Å². The second-order valence-electron chi connectivity index (χ2n) is 5.81. The zero-order chi connectivity index (χ0) is 16.3. The Bertz CT molecular complexity index is 561. The minimum Gasteiger partial charge on any atom is -0.362 e. The van der Waals surface area contributed by atoms with Crippen molar-refractivity contribution < 1.29 is 14.3 Å². The summed E-state index contributed by atoms with van der Waals surface area (Å²) < 4.78 is 5.68. The van der Waals surface area contributed by atoms with Crippen molar-refractivity contribution in [1.82, 2.24) is 9.80 Å². The number of amides is 2. The zero-order valence-corrected chi connectivity index (χ0v) is 13.9. The van der Waals surface area contributed by atoms with Gasteiger partial charge >= 0.3 is 0 Å². The molecule has 2 rings (SSSR count). The molecule has 0 bridgehead atoms. The molecule has 0 radical (unpaired) electrons. The van der Waals surface area contributed by atoms with E-state index in [0.717, 1.165) is 5.56 Å². The molecular formula is C16H21ClN2O3. The molecule has 22 heavy (non-hydrogen) atoms. The van der Waals surface area contributed by atoms with Gasteiger partial charge in [-0.2, -0.15) is 0 Å². The van der Waals surface area contributed by atoms with Gasteiger partial charge in [0, 0.05) is 32.1 Å². The summed E-state index contributed by atoms with van der Waals surface area (Å²) in [6.07, 6.45) is 0. The summed E-state index contributed by atoms with van der Waals surface area (Å²) in [5.74, 6) is -0.170. The van der Waals surface area contributed by atoms with Gasteiger partial charge in [-0.1, -0.05) is 23.7 Å². The molecular weight excluding hydrogens is 304 g/mol. The van der Waals surface area contributed by atoms with Gasteiger partial charge in [0.15, 0.2) is 5.60 Å². The molecule has 0 N–H and O–H groups in total. The molecule has 0 spiro atoms. The second kappa shape index (κ2) is 6.67. The lowest BCUT2D eigenvalue weighted by Crippen LogP contribution is -2.59. The van der Waals surface area contributed by atoms with Crippen molar-refractivity contribution in [2.45, 2.75) is 26.0 Å². The number of benzene rings is 1. The van der Waals surface area contributed by atoms with Gasteiger partial charge < -0.3 is 14.5 Å². The molecule has 1 heterocycles. The Morgan fingerprint density at radius 3 is 2.59 bits per heavy atom. The van der Waals surface area contributed by atoms with Gasteiger partial charge in [-0.3, -0.25) is 9.59 Å². The van der Waals surface area contributed by atoms with E-state index in [1.54, 1.807) is 35.9 Å². The fourth-order valence-corrected chi connectivity index (χ4v) is 2.73. The van der Waals surface area contributed by atoms with Crippen LogP contribution in [0.1, 0.15) is 19.4 Å². The fourth-order valence-electron chi connectivity index (χ4n) is 2.61. The van der Waals surface area contributed by atoms with Crippen molar-refractivity contribution in [2.75, 3.05) is 26.7 Å². The number of ether oxygens (including phenoxy) is 1. The number of carbonyl (C=O) groups is 2. The minimum absolute atomic E-state index is 0.0392. The van der Waals surface area contributed by atoms with Crippen molar-refractivity contribution in [3.8, 4) is 0 Å². The first-order chi connectivity index (χ1) is 10.3. The van der Waals surface area contributed by atoms with Crippen LogP contribution in [0.3, 0.4) is 0 Å². The molecule has 1 saturated heterocycles. The summed E-state index contributed by atoms with van der Waals surface area (Å²) in [5, 5.41) is 0.664. The molecule has 6 heteroatoms. The number of likely N-dealkylation sites (N-methyl/N-ethyl adjacent to an activating group) is 1. The summed E-state index contributed by atoms with van der Waals surface area (Å²) >= 11 is 5.86. The average molecular weight is 325 g/mol. The van der Waals surface area contributed by atoms with E-state index >= 15 is 0 Å². The summed E-state index contributed by atoms with van der Waals surface area (Å²) in [4.78, 5) is 27.5. The third-order valence-corrected chi connectivity index (χ3v) is 4.10. The highest BCUT2D eigenvalue weighted by Gasteiger charge is 2.41. The summed E-state index contributed by atoms with van der Waals surface area (Å²) in [5.41, 5.74) is -0.00598. The van der Waals surface area contributed by atoms with E-state index in [0.29, 0.717) is 24.7 Å². The van der Waals surface area contributed by atoms with Crippen LogP contribution in [-0.4, -0.2) is 54.0 Å². The molecule has 0 aromatic heterocycles. The van der Waals surface area contributed by atoms with E-state index < -0.39 is 5.60 Å². The number of carbonyl (C=O) groups excluding carboxylic acids is 2. The lowest BCUT2D eigenvalue weighted by Gasteiger charge is -2.40. The van der Waals surface area contributed by atoms with Crippen molar-refractivity contribution >= 4 is 23.4 Å². The van der Waals surface area contributed by atoms with Crippen molar-refractivity contribution in [2.24, 2.45) is 0 Å². The van der Waals surface area contributed by atoms with Crippen LogP contribution in [0.15, 0.2) is 24.3 Å². The van der Waals surface area contributed by atoms with Crippen LogP contribution < -0.4 is 0 Å². The average Bonchev–Trinajstić information content (AvgIpc) is 2.48. The van der Waals surface area contributed by atoms with E-state index in [-0.39, 0.29) is 18.4 Å². The fraction of sp³-hybridized carbons (Fsp3) is 0.500. The molecule has 1 aromatic rings. The van der Waals surface area contributed by atoms with Gasteiger partial charge in [-0.15, -0.1) is 0 Å². The van der Waals surface area contributed by atoms with Gasteiger partial charge in [0.2, 0.25) is 5.91 Å². The van der Waals surface area contributed by atoms with E-state index in [9.17, 15) is 9.59 Å². The SMILES string of the molecule is CC(=O)N1CCO[C@@](C)(C(=O)N(C)Cc2ccc(Cl)cc2)C1. The minimum atomic E-state index is -0.995. The predicted molar refractivity (Wildman–Crippen MR) is 84.5 cm³/mol. The normalized spacial score (nSPS) is 21.5. The molecule has 1 aliphatic heterocycles. The first-order valence-corrected chi connectivity index (χ1v) is 7.59. The van der Waals surface area contributed by atoms with Crippen molar-refractivity contribution in [1.29, 1.82) is 0 Å². The molecule has 5 nitrogen and oxygen atoms in total. The largest absolute Gasteiger partial charge is 0.362 e. The number of rotatable bonds is 3. The Hall–Kier alpha value is -1.59. The molecule has 0 unspecified atom stereocenters. The summed E-state index contributed by atoms with van der Waals surface area (Å²) in [6, 6.07) is 7.37. The van der Waals surface area contributed by atoms with Crippen LogP contribution in [0.25, 0.3) is 0 Å². The summed E-state index contributed by atoms with van der Waals surface area (Å²) in [6.45, 7) is 4.90. The van der Waals surface area contributed by atoms with Crippen molar-refractivity contribution in [3.63, 3.8) is 0 Å². The highest BCUT2D eigenvalue weighted by Crippen LogP contribution is 2.21. The number of nitrogens with zero attached hydrogens (tertiary/aromatic N) is 2. The number of morpholine rings is 1. The monoisotopic (exact) mass is 324 g/mol. The first-order valence-electron chi connectivity index (χ1n) is 7.21. The topological polar surface area (TPSA) is 49.9 Å². The van der Waals surface area contributed by atoms with Crippen LogP contribution in [-0.2, 0) is 20.9 Å². The second-order valence-corrected chi connectivity index (χ2v) is 6.24. The van der Waals surface area contributed by atoms with Crippen LogP contribution in [0.2, 0.25) is 5.02 Å². The Morgan fingerprint density at radius 1 is 1.36 bits per heavy atom. The van der Waals surface area contributed by atoms with Gasteiger partial charge in [-0.25, -0.2) is 0 Å². The lowest BCUT2D eigenvalue weighted by atomic mass is 10.0. The van der Waals surface area contributed by atoms with Crippen LogP contribution in [0, 0.1) is 0 Å². The number of hydrogen-bond acceptors (Lipinski definition) is 3. The van der Waals surface area contributed by atoms with Gasteiger partial charge in [0.25, 0.3) is 5.91 Å².